The Morgan fingerprint density at radius 3 is 1.35 bits per heavy atom. The maximum Gasteiger partial charge on any atom is 0.416 e. The van der Waals surface area contributed by atoms with Gasteiger partial charge in [-0.25, -0.2) is 4.79 Å². The van der Waals surface area contributed by atoms with Gasteiger partial charge in [0.05, 0.1) is 38.0 Å². The number of ether oxygens (including phenoxy) is 3. The highest BCUT2D eigenvalue weighted by molar-refractivity contribution is 9.12. The van der Waals surface area contributed by atoms with Crippen LogP contribution in [0.4, 0.5) is 30.2 Å². The fraction of sp³-hybridized carbons (Fsp3) is 0.188. The molecule has 0 spiro atoms. The molecular weight excluding hydrogens is 1300 g/mol. The number of benzene rings is 6. The molecule has 0 heterocycles. The number of hydrogen-bond acceptors (Lipinski definition) is 9. The number of anilines is 3. The van der Waals surface area contributed by atoms with Gasteiger partial charge in [0, 0.05) is 37.0 Å². The van der Waals surface area contributed by atoms with Crippen LogP contribution in [0.15, 0.2) is 130 Å². The number of aromatic carboxylic acids is 1. The van der Waals surface area contributed by atoms with Gasteiger partial charge in [-0.2, -0.15) is 13.2 Å². The lowest BCUT2D eigenvalue weighted by atomic mass is 10.1. The van der Waals surface area contributed by atoms with Crippen molar-refractivity contribution in [3.05, 3.63) is 169 Å². The van der Waals surface area contributed by atoms with Crippen molar-refractivity contribution < 1.29 is 57.1 Å². The zero-order valence-corrected chi connectivity index (χ0v) is 45.6. The number of nitrogen functional groups attached to an aromatic ring is 2. The molecule has 0 saturated carbocycles. The van der Waals surface area contributed by atoms with Crippen LogP contribution in [0.3, 0.4) is 0 Å². The molecular formula is C48H42Br6F3N3O9. The van der Waals surface area contributed by atoms with E-state index >= 15 is 0 Å². The fourth-order valence-corrected chi connectivity index (χ4v) is 10.5. The van der Waals surface area contributed by atoms with Crippen molar-refractivity contribution >= 4 is 131 Å². The highest BCUT2D eigenvalue weighted by Crippen LogP contribution is 2.39. The number of carboxylic acid groups (broad SMARTS) is 3. The molecule has 0 atom stereocenters. The van der Waals surface area contributed by atoms with Crippen molar-refractivity contribution in [2.45, 2.75) is 51.7 Å². The summed E-state index contributed by atoms with van der Waals surface area (Å²) in [6.07, 6.45) is -3.57. The van der Waals surface area contributed by atoms with Gasteiger partial charge in [-0.15, -0.1) is 0 Å². The van der Waals surface area contributed by atoms with Crippen LogP contribution in [0, 0.1) is 0 Å². The third kappa shape index (κ3) is 18.8. The van der Waals surface area contributed by atoms with Gasteiger partial charge in [-0.1, -0.05) is 24.3 Å². The van der Waals surface area contributed by atoms with Crippen LogP contribution in [-0.4, -0.2) is 40.3 Å². The molecule has 8 N–H and O–H groups in total. The second-order valence-corrected chi connectivity index (χ2v) is 19.8. The van der Waals surface area contributed by atoms with E-state index in [0.717, 1.165) is 49.0 Å². The summed E-state index contributed by atoms with van der Waals surface area (Å²) < 4.78 is 59.7. The Balaban J connectivity index is 0.000000227. The highest BCUT2D eigenvalue weighted by atomic mass is 79.9. The second kappa shape index (κ2) is 27.0. The Bertz CT molecular complexity index is 2710. The van der Waals surface area contributed by atoms with Gasteiger partial charge in [0.2, 0.25) is 0 Å². The van der Waals surface area contributed by atoms with Crippen molar-refractivity contribution in [2.75, 3.05) is 23.8 Å². The molecule has 0 fully saturated rings. The number of aliphatic carboxylic acids is 2. The summed E-state index contributed by atoms with van der Waals surface area (Å²) in [5, 5.41) is 29.6. The molecule has 0 aliphatic heterocycles. The number of aryl methyl sites for hydroxylation is 2. The first-order valence-corrected chi connectivity index (χ1v) is 24.9. The molecule has 0 aliphatic carbocycles. The SMILES string of the molecule is CNc1cccc(COc2c(Br)cc(CCC(=O)O)cc2Br)c1.Nc1cc(COc2c(Br)cc(CCC(=O)O)cc2Br)cc(C(F)(F)F)c1.Nc1cccc(COc2c(Br)cc(C(=O)O)cc2Br)c1. The van der Waals surface area contributed by atoms with E-state index in [2.05, 4.69) is 101 Å². The Morgan fingerprint density at radius 2 is 0.942 bits per heavy atom. The normalized spacial score (nSPS) is 10.8. The second-order valence-electron chi connectivity index (χ2n) is 14.7. The summed E-state index contributed by atoms with van der Waals surface area (Å²) in [7, 11) is 1.88. The number of halogens is 9. The van der Waals surface area contributed by atoms with E-state index in [9.17, 15) is 27.6 Å². The van der Waals surface area contributed by atoms with Crippen molar-refractivity contribution in [1.82, 2.24) is 0 Å². The van der Waals surface area contributed by atoms with Gasteiger partial charge in [0.15, 0.2) is 0 Å². The first kappa shape index (κ1) is 56.8. The monoisotopic (exact) mass is 1330 g/mol. The first-order chi connectivity index (χ1) is 32.5. The molecule has 0 aliphatic rings. The van der Waals surface area contributed by atoms with E-state index in [1.807, 2.05) is 61.6 Å². The lowest BCUT2D eigenvalue weighted by molar-refractivity contribution is -0.138. The average molecular weight is 1340 g/mol. The van der Waals surface area contributed by atoms with Crippen LogP contribution in [0.25, 0.3) is 0 Å². The summed E-state index contributed by atoms with van der Waals surface area (Å²) >= 11 is 20.3. The van der Waals surface area contributed by atoms with E-state index in [1.54, 1.807) is 18.2 Å². The van der Waals surface area contributed by atoms with Crippen molar-refractivity contribution in [1.29, 1.82) is 0 Å². The molecule has 6 aromatic rings. The number of alkyl halides is 3. The average Bonchev–Trinajstić information content (AvgIpc) is 3.26. The minimum Gasteiger partial charge on any atom is -0.487 e. The zero-order valence-electron chi connectivity index (χ0n) is 36.1. The molecule has 0 saturated heterocycles. The molecule has 69 heavy (non-hydrogen) atoms. The topological polar surface area (TPSA) is 204 Å². The molecule has 0 amide bonds. The maximum atomic E-state index is 12.9. The quantitative estimate of drug-likeness (QED) is 0.0472. The van der Waals surface area contributed by atoms with Crippen molar-refractivity contribution in [2.24, 2.45) is 0 Å². The van der Waals surface area contributed by atoms with Crippen LogP contribution in [0.5, 0.6) is 17.2 Å². The Hall–Kier alpha value is -4.80. The zero-order chi connectivity index (χ0) is 51.0. The number of carboxylic acids is 3. The highest BCUT2D eigenvalue weighted by Gasteiger charge is 2.31. The maximum absolute atomic E-state index is 12.9. The van der Waals surface area contributed by atoms with Crippen LogP contribution in [0.1, 0.15) is 56.6 Å². The predicted molar refractivity (Wildman–Crippen MR) is 280 cm³/mol. The van der Waals surface area contributed by atoms with Gasteiger partial charge in [-0.05, 0) is 215 Å². The molecule has 0 radical (unpaired) electrons. The summed E-state index contributed by atoms with van der Waals surface area (Å²) in [6.45, 7) is 0.676. The van der Waals surface area contributed by atoms with Crippen LogP contribution in [-0.2, 0) is 48.4 Å². The van der Waals surface area contributed by atoms with E-state index in [-0.39, 0.29) is 36.3 Å². The molecule has 12 nitrogen and oxygen atoms in total. The molecule has 6 rings (SSSR count). The summed E-state index contributed by atoms with van der Waals surface area (Å²) in [4.78, 5) is 32.3. The Morgan fingerprint density at radius 1 is 0.536 bits per heavy atom. The van der Waals surface area contributed by atoms with Gasteiger partial charge in [0.25, 0.3) is 0 Å². The minimum absolute atomic E-state index is 0.000532. The van der Waals surface area contributed by atoms with Crippen molar-refractivity contribution in [3.63, 3.8) is 0 Å². The summed E-state index contributed by atoms with van der Waals surface area (Å²) in [5.41, 5.74) is 16.3. The van der Waals surface area contributed by atoms with Crippen LogP contribution >= 0.6 is 95.6 Å². The Labute approximate surface area is 445 Å². The first-order valence-electron chi connectivity index (χ1n) is 20.1. The summed E-state index contributed by atoms with van der Waals surface area (Å²) in [5.74, 6) is -1.04. The number of rotatable bonds is 17. The third-order valence-corrected chi connectivity index (χ3v) is 12.8. The van der Waals surface area contributed by atoms with Crippen molar-refractivity contribution in [3.8, 4) is 17.2 Å². The van der Waals surface area contributed by atoms with Crippen LogP contribution < -0.4 is 31.0 Å². The van der Waals surface area contributed by atoms with Gasteiger partial charge < -0.3 is 46.3 Å². The smallest absolute Gasteiger partial charge is 0.416 e. The summed E-state index contributed by atoms with van der Waals surface area (Å²) in [6, 6.07) is 28.9. The molecule has 6 aromatic carbocycles. The van der Waals surface area contributed by atoms with Gasteiger partial charge in [0.1, 0.15) is 37.1 Å². The third-order valence-electron chi connectivity index (χ3n) is 9.28. The fourth-order valence-electron chi connectivity index (χ4n) is 6.04. The number of nitrogens with two attached hydrogens (primary N) is 2. The van der Waals surface area contributed by atoms with Crippen LogP contribution in [0.2, 0.25) is 0 Å². The number of carbonyl (C=O) groups is 3. The largest absolute Gasteiger partial charge is 0.487 e. The van der Waals surface area contributed by atoms with E-state index < -0.39 is 29.6 Å². The number of nitrogens with one attached hydrogen (secondary N) is 1. The molecule has 0 aromatic heterocycles. The lowest BCUT2D eigenvalue weighted by Gasteiger charge is -2.14. The standard InChI is InChI=1S/C17H14Br2F3NO3.C17H17Br2NO3.C14H11Br2NO3/c18-13-5-9(1-2-15(24)25)6-14(19)16(13)26-8-10-3-11(17(20,21)22)7-12(23)4-10;1-20-13-4-2-3-12(7-13)10-23-17-14(18)8-11(9-15(17)19)5-6-16(21)22;15-11-5-9(14(18)19)6-12(16)13(11)20-7-8-2-1-3-10(17)4-8/h3-7H,1-2,8,23H2,(H,24,25);2-4,7-9,20H,5-6,10H2,1H3,(H,21,22);1-6H,7,17H2,(H,18,19). The minimum atomic E-state index is -4.49. The van der Waals surface area contributed by atoms with E-state index in [4.69, 9.17) is 41.0 Å². The Kier molecular flexibility index (Phi) is 22.2. The lowest BCUT2D eigenvalue weighted by Crippen LogP contribution is -2.08. The van der Waals surface area contributed by atoms with E-state index in [0.29, 0.717) is 66.9 Å². The molecule has 366 valence electrons. The van der Waals surface area contributed by atoms with Gasteiger partial charge >= 0.3 is 24.1 Å². The predicted octanol–water partition coefficient (Wildman–Crippen LogP) is 14.3. The van der Waals surface area contributed by atoms with Gasteiger partial charge in [-0.3, -0.25) is 9.59 Å². The molecule has 0 unspecified atom stereocenters. The molecule has 21 heteroatoms. The van der Waals surface area contributed by atoms with E-state index in [1.165, 1.54) is 18.2 Å². The molecule has 0 bridgehead atoms. The number of hydrogen-bond donors (Lipinski definition) is 6.